The van der Waals surface area contributed by atoms with Gasteiger partial charge in [-0.25, -0.2) is 9.59 Å². The smallest absolute Gasteiger partial charge is 0.408 e. The van der Waals surface area contributed by atoms with E-state index in [1.807, 2.05) is 37.3 Å². The van der Waals surface area contributed by atoms with Gasteiger partial charge in [0.15, 0.2) is 0 Å². The van der Waals surface area contributed by atoms with Crippen LogP contribution < -0.4 is 5.32 Å². The van der Waals surface area contributed by atoms with Gasteiger partial charge >= 0.3 is 18.2 Å². The standard InChI is InChI=1S/C18H25NO4.CO2/c1-4-7-13-18(5-2,16(20)22-6-3)19-17(21)23-14-15-11-9-8-10-12-15;2-1-3/h4,8-12H,1,5-7,13-14H2,2-3H3,(H,19,21);. The first-order valence-electron chi connectivity index (χ1n) is 8.25. The Labute approximate surface area is 153 Å². The topological polar surface area (TPSA) is 98.8 Å². The second-order valence-corrected chi connectivity index (χ2v) is 5.25. The fourth-order valence-corrected chi connectivity index (χ4v) is 2.20. The van der Waals surface area contributed by atoms with Crippen LogP contribution in [0.5, 0.6) is 0 Å². The summed E-state index contributed by atoms with van der Waals surface area (Å²) in [6.45, 7) is 7.64. The molecule has 1 aromatic carbocycles. The molecular weight excluding hydrogens is 338 g/mol. The summed E-state index contributed by atoms with van der Waals surface area (Å²) in [5.41, 5.74) is -0.204. The zero-order valence-electron chi connectivity index (χ0n) is 15.2. The van der Waals surface area contributed by atoms with Crippen molar-refractivity contribution in [2.75, 3.05) is 6.61 Å². The van der Waals surface area contributed by atoms with Gasteiger partial charge in [0.05, 0.1) is 6.61 Å². The van der Waals surface area contributed by atoms with E-state index in [9.17, 15) is 9.59 Å². The first-order valence-corrected chi connectivity index (χ1v) is 8.25. The van der Waals surface area contributed by atoms with E-state index in [2.05, 4.69) is 11.9 Å². The molecule has 1 rings (SSSR count). The summed E-state index contributed by atoms with van der Waals surface area (Å²) in [5, 5.41) is 2.69. The first-order chi connectivity index (χ1) is 12.5. The Morgan fingerprint density at radius 3 is 2.31 bits per heavy atom. The molecule has 0 aliphatic carbocycles. The molecule has 0 spiro atoms. The number of nitrogens with one attached hydrogen (secondary N) is 1. The summed E-state index contributed by atoms with van der Waals surface area (Å²) in [6.07, 6.45) is 2.76. The molecule has 1 atom stereocenters. The molecule has 7 nitrogen and oxygen atoms in total. The third-order valence-electron chi connectivity index (χ3n) is 3.60. The van der Waals surface area contributed by atoms with Gasteiger partial charge in [-0.1, -0.05) is 43.3 Å². The Hall–Kier alpha value is -2.92. The summed E-state index contributed by atoms with van der Waals surface area (Å²) in [4.78, 5) is 40.6. The lowest BCUT2D eigenvalue weighted by atomic mass is 9.90. The molecule has 0 saturated carbocycles. The number of ether oxygens (including phenoxy) is 2. The summed E-state index contributed by atoms with van der Waals surface area (Å²) in [5.74, 6) is -0.444. The number of esters is 1. The van der Waals surface area contributed by atoms with Crippen molar-refractivity contribution in [2.45, 2.75) is 45.3 Å². The van der Waals surface area contributed by atoms with Crippen molar-refractivity contribution in [2.24, 2.45) is 0 Å². The van der Waals surface area contributed by atoms with E-state index in [0.717, 1.165) is 5.56 Å². The van der Waals surface area contributed by atoms with Crippen molar-refractivity contribution in [3.63, 3.8) is 0 Å². The van der Waals surface area contributed by atoms with Crippen molar-refractivity contribution in [3.8, 4) is 0 Å². The number of benzene rings is 1. The van der Waals surface area contributed by atoms with Gasteiger partial charge in [0.1, 0.15) is 12.1 Å². The lowest BCUT2D eigenvalue weighted by molar-refractivity contribution is -0.191. The molecule has 1 aromatic rings. The number of alkyl carbamates (subject to hydrolysis) is 1. The average Bonchev–Trinajstić information content (AvgIpc) is 2.65. The van der Waals surface area contributed by atoms with Gasteiger partial charge in [-0.05, 0) is 31.7 Å². The highest BCUT2D eigenvalue weighted by Crippen LogP contribution is 2.20. The minimum Gasteiger partial charge on any atom is -0.464 e. The molecule has 0 saturated heterocycles. The van der Waals surface area contributed by atoms with Gasteiger partial charge in [0.2, 0.25) is 0 Å². The molecule has 7 heteroatoms. The summed E-state index contributed by atoms with van der Waals surface area (Å²) in [7, 11) is 0. The van der Waals surface area contributed by atoms with Crippen LogP contribution in [-0.4, -0.2) is 30.4 Å². The minimum absolute atomic E-state index is 0.150. The van der Waals surface area contributed by atoms with Gasteiger partial charge in [0, 0.05) is 0 Å². The van der Waals surface area contributed by atoms with E-state index in [1.165, 1.54) is 0 Å². The highest BCUT2D eigenvalue weighted by Gasteiger charge is 2.39. The monoisotopic (exact) mass is 363 g/mol. The zero-order chi connectivity index (χ0) is 19.8. The molecule has 0 aliphatic rings. The van der Waals surface area contributed by atoms with Crippen molar-refractivity contribution < 1.29 is 28.7 Å². The number of carbonyl (C=O) groups is 2. The largest absolute Gasteiger partial charge is 0.464 e. The molecule has 0 fully saturated rings. The van der Waals surface area contributed by atoms with Gasteiger partial charge in [-0.3, -0.25) is 0 Å². The number of amides is 1. The molecule has 0 heterocycles. The van der Waals surface area contributed by atoms with Crippen LogP contribution >= 0.6 is 0 Å². The predicted molar refractivity (Wildman–Crippen MR) is 93.9 cm³/mol. The molecule has 0 bridgehead atoms. The van der Waals surface area contributed by atoms with Crippen LogP contribution in [0, 0.1) is 0 Å². The number of carbonyl (C=O) groups excluding carboxylic acids is 4. The molecular formula is C19H25NO6. The molecule has 0 aromatic heterocycles. The van der Waals surface area contributed by atoms with Crippen LogP contribution in [0.15, 0.2) is 43.0 Å². The Balaban J connectivity index is 0.00000194. The minimum atomic E-state index is -1.09. The lowest BCUT2D eigenvalue weighted by Crippen LogP contribution is -2.55. The van der Waals surface area contributed by atoms with Crippen molar-refractivity contribution >= 4 is 18.2 Å². The lowest BCUT2D eigenvalue weighted by Gasteiger charge is -2.30. The van der Waals surface area contributed by atoms with Crippen molar-refractivity contribution in [1.82, 2.24) is 5.32 Å². The third-order valence-corrected chi connectivity index (χ3v) is 3.60. The van der Waals surface area contributed by atoms with E-state index in [-0.39, 0.29) is 19.4 Å². The van der Waals surface area contributed by atoms with Gasteiger partial charge in [-0.15, -0.1) is 6.58 Å². The van der Waals surface area contributed by atoms with E-state index in [4.69, 9.17) is 19.1 Å². The maximum atomic E-state index is 12.3. The highest BCUT2D eigenvalue weighted by molar-refractivity contribution is 5.85. The van der Waals surface area contributed by atoms with Gasteiger partial charge in [-0.2, -0.15) is 9.59 Å². The van der Waals surface area contributed by atoms with E-state index < -0.39 is 17.6 Å². The third kappa shape index (κ3) is 8.26. The normalized spacial score (nSPS) is 11.6. The fraction of sp³-hybridized carbons (Fsp3) is 0.421. The Morgan fingerprint density at radius 1 is 1.19 bits per heavy atom. The van der Waals surface area contributed by atoms with Gasteiger partial charge < -0.3 is 14.8 Å². The zero-order valence-corrected chi connectivity index (χ0v) is 15.2. The molecule has 1 amide bonds. The Morgan fingerprint density at radius 2 is 1.81 bits per heavy atom. The second-order valence-electron chi connectivity index (χ2n) is 5.25. The predicted octanol–water partition coefficient (Wildman–Crippen LogP) is 3.01. The average molecular weight is 363 g/mol. The summed E-state index contributed by atoms with van der Waals surface area (Å²) >= 11 is 0. The van der Waals surface area contributed by atoms with Crippen LogP contribution in [0.4, 0.5) is 4.79 Å². The van der Waals surface area contributed by atoms with Crippen LogP contribution in [0.1, 0.15) is 38.7 Å². The van der Waals surface area contributed by atoms with Crippen LogP contribution in [-0.2, 0) is 30.5 Å². The van der Waals surface area contributed by atoms with Crippen LogP contribution in [0.2, 0.25) is 0 Å². The molecule has 0 radical (unpaired) electrons. The van der Waals surface area contributed by atoms with E-state index in [1.54, 1.807) is 13.0 Å². The van der Waals surface area contributed by atoms with Crippen molar-refractivity contribution in [1.29, 1.82) is 0 Å². The Kier molecular flexibility index (Phi) is 11.9. The summed E-state index contributed by atoms with van der Waals surface area (Å²) in [6, 6.07) is 9.36. The van der Waals surface area contributed by atoms with E-state index in [0.29, 0.717) is 19.3 Å². The van der Waals surface area contributed by atoms with Crippen LogP contribution in [0.25, 0.3) is 0 Å². The van der Waals surface area contributed by atoms with Gasteiger partial charge in [0.25, 0.3) is 0 Å². The fourth-order valence-electron chi connectivity index (χ4n) is 2.20. The highest BCUT2D eigenvalue weighted by atomic mass is 16.6. The SMILES string of the molecule is C=CCCC(CC)(NC(=O)OCc1ccccc1)C(=O)OCC.O=C=O. The number of hydrogen-bond acceptors (Lipinski definition) is 6. The van der Waals surface area contributed by atoms with Crippen LogP contribution in [0.3, 0.4) is 0 Å². The maximum absolute atomic E-state index is 12.3. The van der Waals surface area contributed by atoms with E-state index >= 15 is 0 Å². The molecule has 142 valence electrons. The number of allylic oxidation sites excluding steroid dienone is 1. The Bertz CT molecular complexity index is 595. The number of rotatable bonds is 9. The van der Waals surface area contributed by atoms with Crippen molar-refractivity contribution in [3.05, 3.63) is 48.6 Å². The molecule has 26 heavy (non-hydrogen) atoms. The molecule has 1 N–H and O–H groups in total. The molecule has 0 aliphatic heterocycles. The quantitative estimate of drug-likeness (QED) is 0.535. The number of hydrogen-bond donors (Lipinski definition) is 1. The second kappa shape index (κ2) is 13.4. The maximum Gasteiger partial charge on any atom is 0.408 e. The first kappa shape index (κ1) is 23.1. The summed E-state index contributed by atoms with van der Waals surface area (Å²) < 4.78 is 10.3. The molecule has 1 unspecified atom stereocenters.